The molecule has 0 atom stereocenters. The maximum absolute atomic E-state index is 11.9. The minimum atomic E-state index is -0.480. The summed E-state index contributed by atoms with van der Waals surface area (Å²) in [5.74, 6) is -0.876. The highest BCUT2D eigenvalue weighted by atomic mass is 79.9. The molecule has 0 aromatic heterocycles. The van der Waals surface area contributed by atoms with Crippen LogP contribution in [-0.2, 0) is 0 Å². The highest BCUT2D eigenvalue weighted by Gasteiger charge is 2.12. The molecule has 0 aliphatic carbocycles. The van der Waals surface area contributed by atoms with Gasteiger partial charge in [0, 0.05) is 10.0 Å². The van der Waals surface area contributed by atoms with Crippen LogP contribution in [0, 0.1) is 0 Å². The zero-order valence-electron chi connectivity index (χ0n) is 10.2. The molecule has 6 heteroatoms. The number of halogens is 2. The number of hydrazine groups is 1. The fourth-order valence-corrected chi connectivity index (χ4v) is 2.28. The lowest BCUT2D eigenvalue weighted by atomic mass is 10.2. The summed E-state index contributed by atoms with van der Waals surface area (Å²) in [6.45, 7) is 0. The van der Waals surface area contributed by atoms with Gasteiger partial charge in [0.1, 0.15) is 0 Å². The summed E-state index contributed by atoms with van der Waals surface area (Å²) in [5.41, 5.74) is 5.38. The second-order valence-electron chi connectivity index (χ2n) is 3.90. The van der Waals surface area contributed by atoms with E-state index in [0.29, 0.717) is 10.6 Å². The molecule has 20 heavy (non-hydrogen) atoms. The number of benzene rings is 2. The van der Waals surface area contributed by atoms with E-state index in [9.17, 15) is 9.59 Å². The number of carbonyl (C=O) groups is 2. The largest absolute Gasteiger partial charge is 0.271 e. The van der Waals surface area contributed by atoms with Gasteiger partial charge in [-0.05, 0) is 30.3 Å². The Morgan fingerprint density at radius 3 is 2.25 bits per heavy atom. The van der Waals surface area contributed by atoms with Gasteiger partial charge in [-0.2, -0.15) is 0 Å². The average molecular weight is 354 g/mol. The lowest BCUT2D eigenvalue weighted by Crippen LogP contribution is -2.41. The fourth-order valence-electron chi connectivity index (χ4n) is 1.52. The Labute approximate surface area is 129 Å². The van der Waals surface area contributed by atoms with E-state index in [4.69, 9.17) is 11.6 Å². The molecule has 0 saturated carbocycles. The fraction of sp³-hybridized carbons (Fsp3) is 0. The van der Waals surface area contributed by atoms with Crippen LogP contribution in [-0.4, -0.2) is 11.8 Å². The van der Waals surface area contributed by atoms with E-state index >= 15 is 0 Å². The zero-order chi connectivity index (χ0) is 14.5. The van der Waals surface area contributed by atoms with E-state index in [1.165, 1.54) is 0 Å². The van der Waals surface area contributed by atoms with Gasteiger partial charge in [0.15, 0.2) is 0 Å². The van der Waals surface area contributed by atoms with Crippen molar-refractivity contribution in [1.82, 2.24) is 10.9 Å². The van der Waals surface area contributed by atoms with Crippen molar-refractivity contribution in [1.29, 1.82) is 0 Å². The maximum Gasteiger partial charge on any atom is 0.271 e. The van der Waals surface area contributed by atoms with Gasteiger partial charge < -0.3 is 0 Å². The molecular formula is C14H10BrClN2O2. The molecule has 102 valence electrons. The second kappa shape index (κ2) is 6.54. The summed E-state index contributed by atoms with van der Waals surface area (Å²) in [4.78, 5) is 23.6. The predicted octanol–water partition coefficient (Wildman–Crippen LogP) is 3.18. The summed E-state index contributed by atoms with van der Waals surface area (Å²) >= 11 is 9.21. The number of amides is 2. The highest BCUT2D eigenvalue weighted by Crippen LogP contribution is 2.21. The van der Waals surface area contributed by atoms with Crippen LogP contribution in [0.4, 0.5) is 0 Å². The number of nitrogens with one attached hydrogen (secondary N) is 2. The molecule has 0 heterocycles. The van der Waals surface area contributed by atoms with Gasteiger partial charge in [-0.3, -0.25) is 20.4 Å². The van der Waals surface area contributed by atoms with Crippen LogP contribution in [0.3, 0.4) is 0 Å². The Bertz CT molecular complexity index is 647. The van der Waals surface area contributed by atoms with Crippen molar-refractivity contribution in [2.24, 2.45) is 0 Å². The summed E-state index contributed by atoms with van der Waals surface area (Å²) < 4.78 is 0.771. The lowest BCUT2D eigenvalue weighted by molar-refractivity contribution is 0.0846. The minimum Gasteiger partial charge on any atom is -0.267 e. The van der Waals surface area contributed by atoms with Gasteiger partial charge in [-0.1, -0.05) is 45.7 Å². The third-order valence-corrected chi connectivity index (χ3v) is 3.31. The lowest BCUT2D eigenvalue weighted by Gasteiger charge is -2.08. The normalized spacial score (nSPS) is 9.90. The molecule has 0 aliphatic heterocycles. The van der Waals surface area contributed by atoms with Crippen molar-refractivity contribution in [2.45, 2.75) is 0 Å². The summed E-state index contributed by atoms with van der Waals surface area (Å²) in [5, 5.41) is 0.297. The summed E-state index contributed by atoms with van der Waals surface area (Å²) in [6.07, 6.45) is 0. The summed E-state index contributed by atoms with van der Waals surface area (Å²) in [7, 11) is 0. The Morgan fingerprint density at radius 1 is 0.950 bits per heavy atom. The Balaban J connectivity index is 2.00. The van der Waals surface area contributed by atoms with E-state index < -0.39 is 11.8 Å². The molecule has 2 N–H and O–H groups in total. The van der Waals surface area contributed by atoms with E-state index in [1.807, 2.05) is 0 Å². The number of hydrogen-bond donors (Lipinski definition) is 2. The molecular weight excluding hydrogens is 344 g/mol. The minimum absolute atomic E-state index is 0.281. The molecule has 0 aliphatic rings. The third kappa shape index (κ3) is 3.59. The molecule has 2 amide bonds. The molecule has 0 bridgehead atoms. The van der Waals surface area contributed by atoms with Crippen molar-refractivity contribution < 1.29 is 9.59 Å². The van der Waals surface area contributed by atoms with E-state index in [1.54, 1.807) is 48.5 Å². The molecule has 0 spiro atoms. The number of carbonyl (C=O) groups excluding carboxylic acids is 2. The van der Waals surface area contributed by atoms with E-state index in [2.05, 4.69) is 26.8 Å². The Kier molecular flexibility index (Phi) is 4.76. The van der Waals surface area contributed by atoms with Crippen LogP contribution in [0.15, 0.2) is 53.0 Å². The van der Waals surface area contributed by atoms with E-state index in [-0.39, 0.29) is 5.56 Å². The van der Waals surface area contributed by atoms with Gasteiger partial charge in [-0.25, -0.2) is 0 Å². The molecule has 2 aromatic carbocycles. The molecule has 0 unspecified atom stereocenters. The van der Waals surface area contributed by atoms with Crippen molar-refractivity contribution in [3.05, 3.63) is 69.2 Å². The standard InChI is InChI=1S/C14H10BrClN2O2/c15-10-6-7-11(12(16)8-10)14(20)18-17-13(19)9-4-2-1-3-5-9/h1-8H,(H,17,19)(H,18,20). The Hall–Kier alpha value is -1.85. The van der Waals surface area contributed by atoms with Crippen LogP contribution in [0.5, 0.6) is 0 Å². The first-order valence-electron chi connectivity index (χ1n) is 5.68. The van der Waals surface area contributed by atoms with Crippen molar-refractivity contribution in [3.8, 4) is 0 Å². The molecule has 0 radical (unpaired) electrons. The van der Waals surface area contributed by atoms with Gasteiger partial charge in [0.25, 0.3) is 11.8 Å². The van der Waals surface area contributed by atoms with Crippen LogP contribution in [0.2, 0.25) is 5.02 Å². The summed E-state index contributed by atoms with van der Waals surface area (Å²) in [6, 6.07) is 13.4. The molecule has 4 nitrogen and oxygen atoms in total. The smallest absolute Gasteiger partial charge is 0.267 e. The second-order valence-corrected chi connectivity index (χ2v) is 5.22. The first-order valence-corrected chi connectivity index (χ1v) is 6.86. The molecule has 2 rings (SSSR count). The van der Waals surface area contributed by atoms with Crippen LogP contribution >= 0.6 is 27.5 Å². The van der Waals surface area contributed by atoms with Gasteiger partial charge in [0.2, 0.25) is 0 Å². The zero-order valence-corrected chi connectivity index (χ0v) is 12.5. The average Bonchev–Trinajstić information content (AvgIpc) is 2.45. The van der Waals surface area contributed by atoms with E-state index in [0.717, 1.165) is 4.47 Å². The van der Waals surface area contributed by atoms with Crippen LogP contribution < -0.4 is 10.9 Å². The first kappa shape index (κ1) is 14.6. The van der Waals surface area contributed by atoms with Crippen molar-refractivity contribution in [2.75, 3.05) is 0 Å². The maximum atomic E-state index is 11.9. The van der Waals surface area contributed by atoms with Crippen LogP contribution in [0.1, 0.15) is 20.7 Å². The monoisotopic (exact) mass is 352 g/mol. The third-order valence-electron chi connectivity index (χ3n) is 2.50. The topological polar surface area (TPSA) is 58.2 Å². The van der Waals surface area contributed by atoms with Gasteiger partial charge in [0.05, 0.1) is 10.6 Å². The molecule has 0 fully saturated rings. The quantitative estimate of drug-likeness (QED) is 0.815. The Morgan fingerprint density at radius 2 is 1.60 bits per heavy atom. The van der Waals surface area contributed by atoms with Crippen molar-refractivity contribution in [3.63, 3.8) is 0 Å². The van der Waals surface area contributed by atoms with Gasteiger partial charge in [-0.15, -0.1) is 0 Å². The number of rotatable bonds is 2. The van der Waals surface area contributed by atoms with Gasteiger partial charge >= 0.3 is 0 Å². The van der Waals surface area contributed by atoms with Crippen molar-refractivity contribution >= 4 is 39.3 Å². The number of hydrogen-bond acceptors (Lipinski definition) is 2. The molecule has 0 saturated heterocycles. The van der Waals surface area contributed by atoms with Crippen LogP contribution in [0.25, 0.3) is 0 Å². The SMILES string of the molecule is O=C(NNC(=O)c1ccc(Br)cc1Cl)c1ccccc1. The molecule has 2 aromatic rings. The highest BCUT2D eigenvalue weighted by molar-refractivity contribution is 9.10. The first-order chi connectivity index (χ1) is 9.58. The predicted molar refractivity (Wildman–Crippen MR) is 80.5 cm³/mol.